The van der Waals surface area contributed by atoms with Crippen LogP contribution in [0.2, 0.25) is 0 Å². The van der Waals surface area contributed by atoms with Gasteiger partial charge in [-0.1, -0.05) is 6.92 Å². The molecule has 1 atom stereocenters. The first-order chi connectivity index (χ1) is 4.41. The molecular formula is C5H10O4S. The van der Waals surface area contributed by atoms with Crippen LogP contribution in [0.3, 0.4) is 0 Å². The van der Waals surface area contributed by atoms with E-state index in [0.717, 1.165) is 0 Å². The zero-order valence-corrected chi connectivity index (χ0v) is 6.68. The van der Waals surface area contributed by atoms with E-state index in [0.29, 0.717) is 0 Å². The molecule has 0 aliphatic rings. The van der Waals surface area contributed by atoms with Gasteiger partial charge in [-0.25, -0.2) is 8.42 Å². The quantitative estimate of drug-likeness (QED) is 0.635. The van der Waals surface area contributed by atoms with Crippen molar-refractivity contribution in [1.82, 2.24) is 0 Å². The molecule has 0 saturated heterocycles. The molecule has 0 spiro atoms. The lowest BCUT2D eigenvalue weighted by molar-refractivity contribution is -0.136. The number of carbonyl (C=O) groups is 1. The lowest BCUT2D eigenvalue weighted by atomic mass is 10.5. The highest BCUT2D eigenvalue weighted by atomic mass is 32.2. The first-order valence-electron chi connectivity index (χ1n) is 2.86. The highest BCUT2D eigenvalue weighted by molar-refractivity contribution is 7.92. The fraction of sp³-hybridized carbons (Fsp3) is 0.800. The van der Waals surface area contributed by atoms with Crippen LogP contribution < -0.4 is 0 Å². The summed E-state index contributed by atoms with van der Waals surface area (Å²) >= 11 is 0. The van der Waals surface area contributed by atoms with Crippen LogP contribution in [-0.2, 0) is 14.6 Å². The smallest absolute Gasteiger partial charge is 0.321 e. The van der Waals surface area contributed by atoms with Crippen molar-refractivity contribution in [2.24, 2.45) is 0 Å². The Kier molecular flexibility index (Phi) is 2.83. The Bertz CT molecular complexity index is 216. The monoisotopic (exact) mass is 166 g/mol. The third-order valence-electron chi connectivity index (χ3n) is 1.29. The average molecular weight is 166 g/mol. The molecule has 60 valence electrons. The van der Waals surface area contributed by atoms with Crippen molar-refractivity contribution in [2.45, 2.75) is 19.1 Å². The fourth-order valence-electron chi connectivity index (χ4n) is 0.404. The Balaban J connectivity index is 4.51. The van der Waals surface area contributed by atoms with E-state index in [2.05, 4.69) is 0 Å². The van der Waals surface area contributed by atoms with Gasteiger partial charge in [-0.15, -0.1) is 0 Å². The van der Waals surface area contributed by atoms with Gasteiger partial charge in [0.25, 0.3) is 0 Å². The van der Waals surface area contributed by atoms with Crippen LogP contribution in [0.25, 0.3) is 0 Å². The maximum atomic E-state index is 10.8. The number of aliphatic carboxylic acids is 1. The Morgan fingerprint density at radius 1 is 1.60 bits per heavy atom. The van der Waals surface area contributed by atoms with Gasteiger partial charge in [0, 0.05) is 5.75 Å². The summed E-state index contributed by atoms with van der Waals surface area (Å²) in [6, 6.07) is 0. The van der Waals surface area contributed by atoms with Crippen LogP contribution in [0.4, 0.5) is 0 Å². The van der Waals surface area contributed by atoms with E-state index in [1.54, 1.807) is 0 Å². The van der Waals surface area contributed by atoms with Crippen LogP contribution in [-0.4, -0.2) is 30.5 Å². The van der Waals surface area contributed by atoms with Crippen LogP contribution in [0, 0.1) is 0 Å². The summed E-state index contributed by atoms with van der Waals surface area (Å²) in [5.41, 5.74) is 0. The number of rotatable bonds is 3. The summed E-state index contributed by atoms with van der Waals surface area (Å²) in [6.07, 6.45) is 0. The average Bonchev–Trinajstić information content (AvgIpc) is 1.86. The maximum Gasteiger partial charge on any atom is 0.321 e. The molecule has 10 heavy (non-hydrogen) atoms. The molecule has 1 N–H and O–H groups in total. The third kappa shape index (κ3) is 1.98. The molecular weight excluding hydrogens is 156 g/mol. The van der Waals surface area contributed by atoms with Gasteiger partial charge in [0.2, 0.25) is 0 Å². The minimum atomic E-state index is -3.40. The maximum absolute atomic E-state index is 10.8. The molecule has 0 amide bonds. The van der Waals surface area contributed by atoms with Gasteiger partial charge in [-0.05, 0) is 6.92 Å². The Labute approximate surface area is 59.8 Å². The largest absolute Gasteiger partial charge is 0.480 e. The minimum absolute atomic E-state index is 0.125. The molecule has 0 aliphatic carbocycles. The van der Waals surface area contributed by atoms with Gasteiger partial charge in [0.1, 0.15) is 0 Å². The van der Waals surface area contributed by atoms with Gasteiger partial charge >= 0.3 is 5.97 Å². The summed E-state index contributed by atoms with van der Waals surface area (Å²) < 4.78 is 21.5. The Morgan fingerprint density at radius 2 is 2.00 bits per heavy atom. The molecule has 0 heterocycles. The second kappa shape index (κ2) is 3.01. The van der Waals surface area contributed by atoms with Crippen molar-refractivity contribution in [1.29, 1.82) is 0 Å². The topological polar surface area (TPSA) is 71.4 Å². The molecule has 0 rings (SSSR count). The lowest BCUT2D eigenvalue weighted by Gasteiger charge is -2.03. The van der Waals surface area contributed by atoms with Crippen LogP contribution in [0.15, 0.2) is 0 Å². The van der Waals surface area contributed by atoms with Gasteiger partial charge in [0.05, 0.1) is 0 Å². The standard InChI is InChI=1S/C5H10O4S/c1-3-10(8,9)4(2)5(6)7/h4H,3H2,1-2H3,(H,6,7). The first kappa shape index (κ1) is 9.42. The summed E-state index contributed by atoms with van der Waals surface area (Å²) in [5.74, 6) is -1.41. The van der Waals surface area contributed by atoms with E-state index >= 15 is 0 Å². The lowest BCUT2D eigenvalue weighted by Crippen LogP contribution is -2.28. The summed E-state index contributed by atoms with van der Waals surface area (Å²) in [6.45, 7) is 2.59. The van der Waals surface area contributed by atoms with Gasteiger partial charge in [0.15, 0.2) is 15.1 Å². The molecule has 0 fully saturated rings. The third-order valence-corrected chi connectivity index (χ3v) is 3.37. The SMILES string of the molecule is CCS(=O)(=O)C(C)C(=O)O. The molecule has 5 heteroatoms. The molecule has 0 aromatic rings. The highest BCUT2D eigenvalue weighted by Gasteiger charge is 2.24. The summed E-state index contributed by atoms with van der Waals surface area (Å²) in [4.78, 5) is 10.1. The van der Waals surface area contributed by atoms with Gasteiger partial charge in [-0.2, -0.15) is 0 Å². The summed E-state index contributed by atoms with van der Waals surface area (Å²) in [7, 11) is -3.40. The fourth-order valence-corrected chi connectivity index (χ4v) is 1.21. The van der Waals surface area contributed by atoms with Crippen LogP contribution in [0.1, 0.15) is 13.8 Å². The number of carboxylic acid groups (broad SMARTS) is 1. The van der Waals surface area contributed by atoms with Crippen molar-refractivity contribution >= 4 is 15.8 Å². The van der Waals surface area contributed by atoms with Crippen molar-refractivity contribution in [3.05, 3.63) is 0 Å². The van der Waals surface area contributed by atoms with Crippen LogP contribution in [0.5, 0.6) is 0 Å². The number of carboxylic acids is 1. The molecule has 0 aromatic heterocycles. The van der Waals surface area contributed by atoms with Crippen molar-refractivity contribution < 1.29 is 18.3 Å². The van der Waals surface area contributed by atoms with E-state index in [1.165, 1.54) is 13.8 Å². The summed E-state index contributed by atoms with van der Waals surface area (Å²) in [5, 5.41) is 6.99. The van der Waals surface area contributed by atoms with Crippen molar-refractivity contribution in [2.75, 3.05) is 5.75 Å². The van der Waals surface area contributed by atoms with E-state index in [1.807, 2.05) is 0 Å². The molecule has 0 bridgehead atoms. The van der Waals surface area contributed by atoms with E-state index < -0.39 is 21.1 Å². The molecule has 4 nitrogen and oxygen atoms in total. The highest BCUT2D eigenvalue weighted by Crippen LogP contribution is 2.00. The molecule has 0 aromatic carbocycles. The van der Waals surface area contributed by atoms with E-state index in [9.17, 15) is 13.2 Å². The number of hydrogen-bond acceptors (Lipinski definition) is 3. The van der Waals surface area contributed by atoms with Gasteiger partial charge in [-0.3, -0.25) is 4.79 Å². The van der Waals surface area contributed by atoms with Crippen molar-refractivity contribution in [3.8, 4) is 0 Å². The van der Waals surface area contributed by atoms with E-state index in [-0.39, 0.29) is 5.75 Å². The Morgan fingerprint density at radius 3 is 2.10 bits per heavy atom. The molecule has 0 saturated carbocycles. The second-order valence-corrected chi connectivity index (χ2v) is 4.54. The predicted molar refractivity (Wildman–Crippen MR) is 36.6 cm³/mol. The molecule has 1 unspecified atom stereocenters. The zero-order valence-electron chi connectivity index (χ0n) is 5.86. The number of sulfone groups is 1. The first-order valence-corrected chi connectivity index (χ1v) is 4.57. The zero-order chi connectivity index (χ0) is 8.36. The van der Waals surface area contributed by atoms with E-state index in [4.69, 9.17) is 5.11 Å². The minimum Gasteiger partial charge on any atom is -0.480 e. The van der Waals surface area contributed by atoms with Crippen molar-refractivity contribution in [3.63, 3.8) is 0 Å². The van der Waals surface area contributed by atoms with Crippen LogP contribution >= 0.6 is 0 Å². The Hall–Kier alpha value is -0.580. The second-order valence-electron chi connectivity index (χ2n) is 1.93. The molecule has 0 aliphatic heterocycles. The normalized spacial score (nSPS) is 14.6. The van der Waals surface area contributed by atoms with Gasteiger partial charge < -0.3 is 5.11 Å². The number of hydrogen-bond donors (Lipinski definition) is 1. The predicted octanol–water partition coefficient (Wildman–Crippen LogP) is -0.106. The molecule has 0 radical (unpaired) electrons.